The Morgan fingerprint density at radius 3 is 1.97 bits per heavy atom. The van der Waals surface area contributed by atoms with Gasteiger partial charge in [-0.05, 0) is 52.7 Å². The van der Waals surface area contributed by atoms with Gasteiger partial charge in [0.05, 0.1) is 34.0 Å². The number of rotatable bonds is 13. The second kappa shape index (κ2) is 13.4. The summed E-state index contributed by atoms with van der Waals surface area (Å²) in [6.07, 6.45) is -0.506. The molecule has 188 valence electrons. The smallest absolute Gasteiger partial charge is 0.137 e. The average molecular weight is 492 g/mol. The van der Waals surface area contributed by atoms with Gasteiger partial charge in [0.2, 0.25) is 0 Å². The van der Waals surface area contributed by atoms with Crippen LogP contribution in [0, 0.1) is 5.92 Å². The Balaban J connectivity index is 1.45. The predicted molar refractivity (Wildman–Crippen MR) is 137 cm³/mol. The van der Waals surface area contributed by atoms with Crippen LogP contribution < -0.4 is 9.47 Å². The number of hydrogen-bond donors (Lipinski definition) is 2. The second-order valence-corrected chi connectivity index (χ2v) is 11.2. The second-order valence-electron chi connectivity index (χ2n) is 8.87. The van der Waals surface area contributed by atoms with Gasteiger partial charge in [-0.15, -0.1) is 0 Å². The molecule has 0 radical (unpaired) electrons. The van der Waals surface area contributed by atoms with Crippen LogP contribution in [0.25, 0.3) is 0 Å². The van der Waals surface area contributed by atoms with E-state index in [2.05, 4.69) is 13.8 Å². The van der Waals surface area contributed by atoms with Crippen LogP contribution in [-0.4, -0.2) is 66.1 Å². The molecular formula is C27H39O6S+. The van der Waals surface area contributed by atoms with Crippen molar-refractivity contribution in [1.29, 1.82) is 0 Å². The molecular weight excluding hydrogens is 452 g/mol. The highest BCUT2D eigenvalue weighted by Crippen LogP contribution is 2.34. The molecule has 0 aromatic heterocycles. The van der Waals surface area contributed by atoms with Crippen molar-refractivity contribution in [3.8, 4) is 11.5 Å². The molecule has 1 aliphatic rings. The molecule has 6 nitrogen and oxygen atoms in total. The first kappa shape index (κ1) is 26.8. The molecule has 2 aromatic carbocycles. The van der Waals surface area contributed by atoms with E-state index >= 15 is 0 Å². The lowest BCUT2D eigenvalue weighted by Crippen LogP contribution is -2.39. The lowest BCUT2D eigenvalue weighted by Gasteiger charge is -2.20. The Labute approximate surface area is 206 Å². The van der Waals surface area contributed by atoms with Gasteiger partial charge >= 0.3 is 0 Å². The summed E-state index contributed by atoms with van der Waals surface area (Å²) in [6, 6.07) is 15.6. The zero-order chi connectivity index (χ0) is 24.5. The van der Waals surface area contributed by atoms with Crippen molar-refractivity contribution in [3.63, 3.8) is 0 Å². The third-order valence-electron chi connectivity index (χ3n) is 6.55. The summed E-state index contributed by atoms with van der Waals surface area (Å²) in [5.74, 6) is 3.56. The molecule has 0 bridgehead atoms. The van der Waals surface area contributed by atoms with E-state index in [1.54, 1.807) is 14.2 Å². The van der Waals surface area contributed by atoms with Crippen molar-refractivity contribution < 1.29 is 29.2 Å². The summed E-state index contributed by atoms with van der Waals surface area (Å²) in [5, 5.41) is 21.7. The fourth-order valence-corrected chi connectivity index (χ4v) is 7.78. The zero-order valence-electron chi connectivity index (χ0n) is 20.7. The number of benzene rings is 2. The molecule has 6 atom stereocenters. The zero-order valence-corrected chi connectivity index (χ0v) is 21.5. The number of aliphatic hydroxyl groups excluding tert-OH is 2. The molecule has 2 N–H and O–H groups in total. The average Bonchev–Trinajstić information content (AvgIpc) is 3.16. The monoisotopic (exact) mass is 491 g/mol. The van der Waals surface area contributed by atoms with E-state index in [1.165, 1.54) is 0 Å². The van der Waals surface area contributed by atoms with Crippen LogP contribution in [0.1, 0.15) is 31.4 Å². The van der Waals surface area contributed by atoms with Crippen LogP contribution in [0.3, 0.4) is 0 Å². The number of methoxy groups -OCH3 is 2. The highest BCUT2D eigenvalue weighted by atomic mass is 32.2. The van der Waals surface area contributed by atoms with Crippen LogP contribution in [0.15, 0.2) is 48.5 Å². The third kappa shape index (κ3) is 7.36. The molecule has 1 fully saturated rings. The Bertz CT molecular complexity index is 843. The SMILES string of the molecule is CC[C@@H]1[C@@H](C)[C@H](OCc2ccc(OC)cc2)C[S+]1C[C@@H](O)[C@@H](O)COCc1ccc(OC)cc1. The van der Waals surface area contributed by atoms with Crippen LogP contribution in [0.4, 0.5) is 0 Å². The maximum atomic E-state index is 10.7. The van der Waals surface area contributed by atoms with E-state index in [1.807, 2.05) is 48.5 Å². The van der Waals surface area contributed by atoms with Gasteiger partial charge in [0.25, 0.3) is 0 Å². The maximum absolute atomic E-state index is 10.7. The van der Waals surface area contributed by atoms with Crippen molar-refractivity contribution in [1.82, 2.24) is 0 Å². The van der Waals surface area contributed by atoms with E-state index in [9.17, 15) is 10.2 Å². The Morgan fingerprint density at radius 2 is 1.44 bits per heavy atom. The van der Waals surface area contributed by atoms with Gasteiger partial charge in [-0.3, -0.25) is 0 Å². The van der Waals surface area contributed by atoms with Gasteiger partial charge < -0.3 is 29.2 Å². The highest BCUT2D eigenvalue weighted by molar-refractivity contribution is 7.97. The fourth-order valence-electron chi connectivity index (χ4n) is 4.41. The van der Waals surface area contributed by atoms with Gasteiger partial charge in [0.1, 0.15) is 46.6 Å². The molecule has 0 spiro atoms. The number of aliphatic hydroxyl groups is 2. The topological polar surface area (TPSA) is 77.4 Å². The van der Waals surface area contributed by atoms with Crippen molar-refractivity contribution in [2.75, 3.05) is 32.3 Å². The molecule has 3 rings (SSSR count). The quantitative estimate of drug-likeness (QED) is 0.417. The van der Waals surface area contributed by atoms with E-state index in [-0.39, 0.29) is 23.6 Å². The van der Waals surface area contributed by atoms with Crippen molar-refractivity contribution >= 4 is 10.9 Å². The Kier molecular flexibility index (Phi) is 10.5. The summed E-state index contributed by atoms with van der Waals surface area (Å²) in [6.45, 7) is 5.51. The first-order valence-corrected chi connectivity index (χ1v) is 13.5. The number of hydrogen-bond acceptors (Lipinski definition) is 6. The molecule has 1 aliphatic heterocycles. The Morgan fingerprint density at radius 1 is 0.882 bits per heavy atom. The molecule has 2 aromatic rings. The van der Waals surface area contributed by atoms with Crippen molar-refractivity contribution in [2.45, 2.75) is 57.0 Å². The highest BCUT2D eigenvalue weighted by Gasteiger charge is 2.49. The summed E-state index contributed by atoms with van der Waals surface area (Å²) in [4.78, 5) is 0. The molecule has 0 amide bonds. The minimum absolute atomic E-state index is 0.00865. The number of ether oxygens (including phenoxy) is 4. The summed E-state index contributed by atoms with van der Waals surface area (Å²) < 4.78 is 22.3. The minimum atomic E-state index is -0.905. The molecule has 0 aliphatic carbocycles. The lowest BCUT2D eigenvalue weighted by atomic mass is 10.0. The molecule has 1 heterocycles. The van der Waals surface area contributed by atoms with Crippen molar-refractivity contribution in [2.24, 2.45) is 5.92 Å². The lowest BCUT2D eigenvalue weighted by molar-refractivity contribution is -0.0333. The maximum Gasteiger partial charge on any atom is 0.137 e. The van der Waals surface area contributed by atoms with E-state index in [4.69, 9.17) is 18.9 Å². The molecule has 34 heavy (non-hydrogen) atoms. The van der Waals surface area contributed by atoms with Gasteiger partial charge in [-0.25, -0.2) is 0 Å². The summed E-state index contributed by atoms with van der Waals surface area (Å²) in [7, 11) is 3.29. The standard InChI is InChI=1S/C27H39O6S/c1-5-27-19(2)26(33-15-21-8-12-23(31-4)13-9-21)18-34(27)17-25(29)24(28)16-32-14-20-6-10-22(30-3)11-7-20/h6-13,19,24-29H,5,14-18H2,1-4H3/q+1/t19-,24-,25+,26+,27+,34?/m0/s1. The minimum Gasteiger partial charge on any atom is -0.497 e. The molecule has 0 saturated carbocycles. The predicted octanol–water partition coefficient (Wildman–Crippen LogP) is 3.57. The Hall–Kier alpha value is -1.77. The first-order chi connectivity index (χ1) is 16.4. The third-order valence-corrected chi connectivity index (χ3v) is 9.70. The van der Waals surface area contributed by atoms with E-state index in [0.717, 1.165) is 34.8 Å². The van der Waals surface area contributed by atoms with Crippen LogP contribution in [-0.2, 0) is 33.6 Å². The van der Waals surface area contributed by atoms with Crippen LogP contribution >= 0.6 is 0 Å². The van der Waals surface area contributed by atoms with Crippen LogP contribution in [0.2, 0.25) is 0 Å². The molecule has 1 saturated heterocycles. The fraction of sp³-hybridized carbons (Fsp3) is 0.556. The van der Waals surface area contributed by atoms with E-state index < -0.39 is 12.2 Å². The first-order valence-electron chi connectivity index (χ1n) is 11.9. The van der Waals surface area contributed by atoms with Gasteiger partial charge in [0.15, 0.2) is 0 Å². The van der Waals surface area contributed by atoms with Gasteiger partial charge in [0, 0.05) is 5.92 Å². The normalized spacial score (nSPS) is 24.1. The van der Waals surface area contributed by atoms with Gasteiger partial charge in [-0.1, -0.05) is 38.1 Å². The van der Waals surface area contributed by atoms with Crippen molar-refractivity contribution in [3.05, 3.63) is 59.7 Å². The van der Waals surface area contributed by atoms with Gasteiger partial charge in [-0.2, -0.15) is 0 Å². The molecule has 7 heteroatoms. The van der Waals surface area contributed by atoms with E-state index in [0.29, 0.717) is 30.1 Å². The summed E-state index contributed by atoms with van der Waals surface area (Å²) >= 11 is 0. The largest absolute Gasteiger partial charge is 0.497 e. The molecule has 1 unspecified atom stereocenters. The summed E-state index contributed by atoms with van der Waals surface area (Å²) in [5.41, 5.74) is 2.12. The van der Waals surface area contributed by atoms with Crippen LogP contribution in [0.5, 0.6) is 11.5 Å².